The van der Waals surface area contributed by atoms with Crippen LogP contribution in [-0.4, -0.2) is 63.6 Å². The van der Waals surface area contributed by atoms with E-state index in [1.165, 1.54) is 12.1 Å². The lowest BCUT2D eigenvalue weighted by Gasteiger charge is -2.32. The third-order valence-corrected chi connectivity index (χ3v) is 4.97. The molecule has 2 atom stereocenters. The van der Waals surface area contributed by atoms with Crippen molar-refractivity contribution in [3.8, 4) is 22.8 Å². The fourth-order valence-electron chi connectivity index (χ4n) is 3.82. The minimum absolute atomic E-state index is 0.0441. The molecule has 0 radical (unpaired) electrons. The molecule has 2 aromatic heterocycles. The smallest absolute Gasteiger partial charge is 0.228 e. The number of halogens is 2. The zero-order valence-corrected chi connectivity index (χ0v) is 16.3. The molecule has 3 heterocycles. The van der Waals surface area contributed by atoms with Gasteiger partial charge in [-0.15, -0.1) is 10.2 Å². The Kier molecular flexibility index (Phi) is 5.23. The van der Waals surface area contributed by atoms with Gasteiger partial charge in [0.15, 0.2) is 0 Å². The molecule has 4 rings (SSSR count). The number of anilines is 1. The molecule has 154 valence electrons. The molecule has 0 amide bonds. The van der Waals surface area contributed by atoms with Crippen LogP contribution in [0.1, 0.15) is 13.3 Å². The van der Waals surface area contributed by atoms with Crippen molar-refractivity contribution in [3.63, 3.8) is 0 Å². The maximum atomic E-state index is 14.7. The van der Waals surface area contributed by atoms with Crippen LogP contribution in [0.2, 0.25) is 0 Å². The number of phenolic OH excluding ortho intramolecular Hbond substituents is 1. The Bertz CT molecular complexity index is 992. The van der Waals surface area contributed by atoms with Gasteiger partial charge in [-0.2, -0.15) is 0 Å². The highest BCUT2D eigenvalue weighted by molar-refractivity contribution is 5.82. The maximum Gasteiger partial charge on any atom is 0.228 e. The summed E-state index contributed by atoms with van der Waals surface area (Å²) in [4.78, 5) is 1.92. The van der Waals surface area contributed by atoms with Crippen molar-refractivity contribution in [2.75, 3.05) is 32.1 Å². The molecule has 3 aromatic rings. The topological polar surface area (TPSA) is 74.9 Å². The number of aromatic nitrogens is 3. The number of alkyl halides is 1. The summed E-state index contributed by atoms with van der Waals surface area (Å²) in [5.41, 5.74) is 0.738. The number of benzene rings is 1. The second-order valence-electron chi connectivity index (χ2n) is 7.26. The summed E-state index contributed by atoms with van der Waals surface area (Å²) in [6.45, 7) is 3.23. The van der Waals surface area contributed by atoms with E-state index in [-0.39, 0.29) is 28.8 Å². The quantitative estimate of drug-likeness (QED) is 0.682. The standard InChI is InChI=1S/C20H23F2N5O2/c1-3-29-14-8-15(22)18(17(28)9-14)19-16-5-4-6-27(16)20(25-24-19)23-13-7-12(21)10-26(2)11-13/h4-6,8-9,12-13,28H,3,7,10-11H2,1-2H3,(H,23,25)/t12-,13-/m1/s1. The average Bonchev–Trinajstić information content (AvgIpc) is 3.12. The van der Waals surface area contributed by atoms with Crippen molar-refractivity contribution in [1.29, 1.82) is 0 Å². The third kappa shape index (κ3) is 3.82. The van der Waals surface area contributed by atoms with E-state index in [9.17, 15) is 13.9 Å². The van der Waals surface area contributed by atoms with Crippen LogP contribution >= 0.6 is 0 Å². The fraction of sp³-hybridized carbons (Fsp3) is 0.400. The van der Waals surface area contributed by atoms with Crippen LogP contribution in [0.5, 0.6) is 11.5 Å². The van der Waals surface area contributed by atoms with Crippen molar-refractivity contribution in [2.24, 2.45) is 0 Å². The van der Waals surface area contributed by atoms with Crippen LogP contribution < -0.4 is 10.1 Å². The minimum atomic E-state index is -0.909. The first-order valence-corrected chi connectivity index (χ1v) is 9.54. The highest BCUT2D eigenvalue weighted by Gasteiger charge is 2.26. The average molecular weight is 403 g/mol. The van der Waals surface area contributed by atoms with E-state index >= 15 is 0 Å². The molecule has 1 saturated heterocycles. The molecule has 1 aromatic carbocycles. The van der Waals surface area contributed by atoms with Gasteiger partial charge < -0.3 is 20.1 Å². The molecule has 0 unspecified atom stereocenters. The second kappa shape index (κ2) is 7.82. The Morgan fingerprint density at radius 1 is 1.31 bits per heavy atom. The summed E-state index contributed by atoms with van der Waals surface area (Å²) in [7, 11) is 1.87. The normalized spacial score (nSPS) is 20.1. The molecule has 9 heteroatoms. The van der Waals surface area contributed by atoms with Gasteiger partial charge in [-0.25, -0.2) is 8.78 Å². The Morgan fingerprint density at radius 3 is 2.86 bits per heavy atom. The van der Waals surface area contributed by atoms with E-state index in [1.54, 1.807) is 29.7 Å². The number of nitrogens with one attached hydrogen (secondary N) is 1. The number of hydrogen-bond donors (Lipinski definition) is 2. The number of piperidine rings is 1. The Hall–Kier alpha value is -2.94. The zero-order chi connectivity index (χ0) is 20.5. The van der Waals surface area contributed by atoms with E-state index < -0.39 is 12.0 Å². The molecule has 1 fully saturated rings. The summed E-state index contributed by atoms with van der Waals surface area (Å²) in [5.74, 6) is -0.250. The molecule has 1 aliphatic rings. The van der Waals surface area contributed by atoms with Gasteiger partial charge in [-0.3, -0.25) is 4.40 Å². The molecule has 0 saturated carbocycles. The first-order chi connectivity index (χ1) is 14.0. The SMILES string of the molecule is CCOc1cc(O)c(-c2nnc(N[C@@H]3C[C@@H](F)CN(C)C3)n3cccc23)c(F)c1. The van der Waals surface area contributed by atoms with Gasteiger partial charge >= 0.3 is 0 Å². The molecular formula is C20H23F2N5O2. The van der Waals surface area contributed by atoms with Crippen LogP contribution in [-0.2, 0) is 0 Å². The van der Waals surface area contributed by atoms with Crippen molar-refractivity contribution in [1.82, 2.24) is 19.5 Å². The third-order valence-electron chi connectivity index (χ3n) is 4.97. The summed E-state index contributed by atoms with van der Waals surface area (Å²) in [6, 6.07) is 5.99. The van der Waals surface area contributed by atoms with Crippen LogP contribution in [0.4, 0.5) is 14.7 Å². The highest BCUT2D eigenvalue weighted by atomic mass is 19.1. The van der Waals surface area contributed by atoms with Crippen molar-refractivity contribution < 1.29 is 18.6 Å². The second-order valence-corrected chi connectivity index (χ2v) is 7.26. The fourth-order valence-corrected chi connectivity index (χ4v) is 3.82. The number of nitrogens with zero attached hydrogens (tertiary/aromatic N) is 4. The lowest BCUT2D eigenvalue weighted by molar-refractivity contribution is 0.153. The molecule has 7 nitrogen and oxygen atoms in total. The van der Waals surface area contributed by atoms with Crippen LogP contribution in [0.3, 0.4) is 0 Å². The van der Waals surface area contributed by atoms with Crippen molar-refractivity contribution in [2.45, 2.75) is 25.6 Å². The Morgan fingerprint density at radius 2 is 2.14 bits per heavy atom. The number of ether oxygens (including phenoxy) is 1. The molecule has 0 aliphatic carbocycles. The Balaban J connectivity index is 1.71. The predicted molar refractivity (Wildman–Crippen MR) is 106 cm³/mol. The largest absolute Gasteiger partial charge is 0.507 e. The highest BCUT2D eigenvalue weighted by Crippen LogP contribution is 2.36. The number of likely N-dealkylation sites (tertiary alicyclic amines) is 1. The lowest BCUT2D eigenvalue weighted by atomic mass is 10.1. The van der Waals surface area contributed by atoms with E-state index in [4.69, 9.17) is 4.74 Å². The number of hydrogen-bond acceptors (Lipinski definition) is 6. The number of aromatic hydroxyl groups is 1. The molecule has 0 spiro atoms. The predicted octanol–water partition coefficient (Wildman–Crippen LogP) is 3.09. The minimum Gasteiger partial charge on any atom is -0.507 e. The molecule has 2 N–H and O–H groups in total. The van der Waals surface area contributed by atoms with Gasteiger partial charge in [0, 0.05) is 43.9 Å². The molecule has 29 heavy (non-hydrogen) atoms. The van der Waals surface area contributed by atoms with Gasteiger partial charge in [0.1, 0.15) is 29.2 Å². The molecule has 1 aliphatic heterocycles. The van der Waals surface area contributed by atoms with Gasteiger partial charge in [0.25, 0.3) is 0 Å². The first kappa shape index (κ1) is 19.4. The summed E-state index contributed by atoms with van der Waals surface area (Å²) in [6.07, 6.45) is 1.23. The number of fused-ring (bicyclic) bond motifs is 1. The lowest BCUT2D eigenvalue weighted by Crippen LogP contribution is -2.45. The summed E-state index contributed by atoms with van der Waals surface area (Å²) >= 11 is 0. The first-order valence-electron chi connectivity index (χ1n) is 9.54. The van der Waals surface area contributed by atoms with E-state index in [1.807, 2.05) is 11.9 Å². The van der Waals surface area contributed by atoms with Gasteiger partial charge in [-0.05, 0) is 26.1 Å². The van der Waals surface area contributed by atoms with Crippen molar-refractivity contribution in [3.05, 3.63) is 36.3 Å². The zero-order valence-electron chi connectivity index (χ0n) is 16.3. The van der Waals surface area contributed by atoms with Gasteiger partial charge in [-0.1, -0.05) is 0 Å². The van der Waals surface area contributed by atoms with Crippen LogP contribution in [0, 0.1) is 5.82 Å². The van der Waals surface area contributed by atoms with Crippen molar-refractivity contribution >= 4 is 11.5 Å². The van der Waals surface area contributed by atoms with Gasteiger partial charge in [0.05, 0.1) is 17.7 Å². The number of rotatable bonds is 5. The van der Waals surface area contributed by atoms with E-state index in [0.29, 0.717) is 37.6 Å². The summed E-state index contributed by atoms with van der Waals surface area (Å²) in [5, 5.41) is 22.0. The monoisotopic (exact) mass is 403 g/mol. The summed E-state index contributed by atoms with van der Waals surface area (Å²) < 4.78 is 35.6. The van der Waals surface area contributed by atoms with Crippen LogP contribution in [0.15, 0.2) is 30.5 Å². The maximum absolute atomic E-state index is 14.7. The molecule has 0 bridgehead atoms. The van der Waals surface area contributed by atoms with Crippen LogP contribution in [0.25, 0.3) is 16.8 Å². The molecular weight excluding hydrogens is 380 g/mol. The van der Waals surface area contributed by atoms with E-state index in [0.717, 1.165) is 0 Å². The van der Waals surface area contributed by atoms with E-state index in [2.05, 4.69) is 15.5 Å². The van der Waals surface area contributed by atoms with Gasteiger partial charge in [0.2, 0.25) is 5.95 Å². The Labute approximate surface area is 166 Å². The number of phenols is 1. The number of likely N-dealkylation sites (N-methyl/N-ethyl adjacent to an activating group) is 1.